The molecule has 0 aliphatic carbocycles. The number of ether oxygens (including phenoxy) is 1. The fourth-order valence-electron chi connectivity index (χ4n) is 3.80. The Morgan fingerprint density at radius 3 is 2.31 bits per heavy atom. The van der Waals surface area contributed by atoms with E-state index in [1.807, 2.05) is 42.5 Å². The van der Waals surface area contributed by atoms with Crippen LogP contribution in [-0.4, -0.2) is 9.55 Å². The summed E-state index contributed by atoms with van der Waals surface area (Å²) < 4.78 is 8.29. The molecule has 0 aliphatic rings. The van der Waals surface area contributed by atoms with Gasteiger partial charge in [-0.2, -0.15) is 0 Å². The van der Waals surface area contributed by atoms with Crippen LogP contribution in [0.2, 0.25) is 5.02 Å². The second-order valence-corrected chi connectivity index (χ2v) is 8.38. The predicted molar refractivity (Wildman–Crippen MR) is 131 cm³/mol. The maximum atomic E-state index is 6.09. The minimum Gasteiger partial charge on any atom is -0.489 e. The number of hydrogen-bond acceptors (Lipinski definition) is 2. The third kappa shape index (κ3) is 4.39. The summed E-state index contributed by atoms with van der Waals surface area (Å²) in [6.07, 6.45) is 0. The molecule has 0 saturated heterocycles. The molecule has 0 saturated carbocycles. The van der Waals surface area contributed by atoms with E-state index in [2.05, 4.69) is 66.1 Å². The van der Waals surface area contributed by atoms with Gasteiger partial charge in [0, 0.05) is 23.2 Å². The zero-order valence-electron chi connectivity index (χ0n) is 17.8. The van der Waals surface area contributed by atoms with E-state index < -0.39 is 0 Å². The first-order valence-electron chi connectivity index (χ1n) is 10.6. The Balaban J connectivity index is 1.53. The van der Waals surface area contributed by atoms with Crippen molar-refractivity contribution in [1.82, 2.24) is 9.55 Å². The average Bonchev–Trinajstić information content (AvgIpc) is 3.18. The largest absolute Gasteiger partial charge is 0.489 e. The van der Waals surface area contributed by atoms with Crippen LogP contribution in [0.15, 0.2) is 97.1 Å². The SMILES string of the molecule is Cc1ccc(-c2nc3cc(OCc4ccccc4)ccc3n2Cc2ccc(Cl)cc2)cc1. The molecule has 0 fully saturated rings. The van der Waals surface area contributed by atoms with Crippen LogP contribution in [0.3, 0.4) is 0 Å². The van der Waals surface area contributed by atoms with Crippen LogP contribution in [0.25, 0.3) is 22.4 Å². The Kier molecular flexibility index (Phi) is 5.66. The summed E-state index contributed by atoms with van der Waals surface area (Å²) in [5.74, 6) is 1.75. The Labute approximate surface area is 192 Å². The molecule has 0 bridgehead atoms. The second kappa shape index (κ2) is 8.89. The number of fused-ring (bicyclic) bond motifs is 1. The van der Waals surface area contributed by atoms with Crippen LogP contribution in [0, 0.1) is 6.92 Å². The fraction of sp³-hybridized carbons (Fsp3) is 0.107. The molecule has 0 spiro atoms. The lowest BCUT2D eigenvalue weighted by atomic mass is 10.1. The van der Waals surface area contributed by atoms with E-state index in [1.165, 1.54) is 11.1 Å². The van der Waals surface area contributed by atoms with Crippen LogP contribution in [0.4, 0.5) is 0 Å². The monoisotopic (exact) mass is 438 g/mol. The standard InChI is InChI=1S/C28H23ClN2O/c1-20-7-11-23(12-8-20)28-30-26-17-25(32-19-22-5-3-2-4-6-22)15-16-27(26)31(28)18-21-9-13-24(29)14-10-21/h2-17H,18-19H2,1H3. The molecular weight excluding hydrogens is 416 g/mol. The van der Waals surface area contributed by atoms with E-state index in [0.29, 0.717) is 13.2 Å². The highest BCUT2D eigenvalue weighted by molar-refractivity contribution is 6.30. The van der Waals surface area contributed by atoms with Gasteiger partial charge in [0.2, 0.25) is 0 Å². The van der Waals surface area contributed by atoms with Gasteiger partial charge < -0.3 is 9.30 Å². The van der Waals surface area contributed by atoms with Gasteiger partial charge in [0.05, 0.1) is 11.0 Å². The predicted octanol–water partition coefficient (Wildman–Crippen LogP) is 7.29. The van der Waals surface area contributed by atoms with E-state index in [0.717, 1.165) is 38.8 Å². The molecule has 1 aromatic heterocycles. The molecule has 0 N–H and O–H groups in total. The highest BCUT2D eigenvalue weighted by atomic mass is 35.5. The number of aromatic nitrogens is 2. The summed E-state index contributed by atoms with van der Waals surface area (Å²) in [7, 11) is 0. The maximum Gasteiger partial charge on any atom is 0.141 e. The van der Waals surface area contributed by atoms with Crippen molar-refractivity contribution < 1.29 is 4.74 Å². The highest BCUT2D eigenvalue weighted by Crippen LogP contribution is 2.29. The van der Waals surface area contributed by atoms with Gasteiger partial charge >= 0.3 is 0 Å². The molecule has 0 atom stereocenters. The number of halogens is 1. The van der Waals surface area contributed by atoms with Gasteiger partial charge in [-0.3, -0.25) is 0 Å². The van der Waals surface area contributed by atoms with Gasteiger partial charge in [-0.15, -0.1) is 0 Å². The van der Waals surface area contributed by atoms with Crippen LogP contribution in [0.1, 0.15) is 16.7 Å². The topological polar surface area (TPSA) is 27.1 Å². The van der Waals surface area contributed by atoms with Crippen molar-refractivity contribution in [3.8, 4) is 17.1 Å². The van der Waals surface area contributed by atoms with Gasteiger partial charge in [-0.25, -0.2) is 4.98 Å². The molecule has 32 heavy (non-hydrogen) atoms. The quantitative estimate of drug-likeness (QED) is 0.278. The van der Waals surface area contributed by atoms with E-state index in [4.69, 9.17) is 21.3 Å². The van der Waals surface area contributed by atoms with Gasteiger partial charge in [-0.05, 0) is 42.3 Å². The second-order valence-electron chi connectivity index (χ2n) is 7.94. The molecule has 4 aromatic carbocycles. The van der Waals surface area contributed by atoms with Crippen LogP contribution in [0.5, 0.6) is 5.75 Å². The van der Waals surface area contributed by atoms with Crippen molar-refractivity contribution >= 4 is 22.6 Å². The number of imidazole rings is 1. The molecule has 0 unspecified atom stereocenters. The summed E-state index contributed by atoms with van der Waals surface area (Å²) in [6.45, 7) is 3.33. The first-order chi connectivity index (χ1) is 15.7. The fourth-order valence-corrected chi connectivity index (χ4v) is 3.92. The zero-order valence-corrected chi connectivity index (χ0v) is 18.6. The number of benzene rings is 4. The highest BCUT2D eigenvalue weighted by Gasteiger charge is 2.14. The van der Waals surface area contributed by atoms with Crippen molar-refractivity contribution in [2.24, 2.45) is 0 Å². The Hall–Kier alpha value is -3.56. The number of aryl methyl sites for hydroxylation is 1. The van der Waals surface area contributed by atoms with Crippen molar-refractivity contribution in [3.05, 3.63) is 119 Å². The van der Waals surface area contributed by atoms with E-state index in [9.17, 15) is 0 Å². The first-order valence-corrected chi connectivity index (χ1v) is 11.0. The number of hydrogen-bond donors (Lipinski definition) is 0. The summed E-state index contributed by atoms with van der Waals surface area (Å²) in [4.78, 5) is 5.00. The molecule has 1 heterocycles. The summed E-state index contributed by atoms with van der Waals surface area (Å²) in [5.41, 5.74) is 6.62. The summed E-state index contributed by atoms with van der Waals surface area (Å²) in [6, 6.07) is 32.8. The van der Waals surface area contributed by atoms with Gasteiger partial charge in [-0.1, -0.05) is 83.9 Å². The van der Waals surface area contributed by atoms with Crippen LogP contribution < -0.4 is 4.74 Å². The van der Waals surface area contributed by atoms with Crippen molar-refractivity contribution in [2.45, 2.75) is 20.1 Å². The van der Waals surface area contributed by atoms with Gasteiger partial charge in [0.1, 0.15) is 18.2 Å². The third-order valence-electron chi connectivity index (χ3n) is 5.53. The molecule has 3 nitrogen and oxygen atoms in total. The van der Waals surface area contributed by atoms with Gasteiger partial charge in [0.15, 0.2) is 0 Å². The first kappa shape index (κ1) is 20.3. The molecule has 0 amide bonds. The Bertz CT molecular complexity index is 1340. The molecular formula is C28H23ClN2O. The van der Waals surface area contributed by atoms with Crippen molar-refractivity contribution in [2.75, 3.05) is 0 Å². The number of nitrogens with zero attached hydrogens (tertiary/aromatic N) is 2. The molecule has 4 heteroatoms. The minimum absolute atomic E-state index is 0.530. The van der Waals surface area contributed by atoms with Gasteiger partial charge in [0.25, 0.3) is 0 Å². The zero-order chi connectivity index (χ0) is 21.9. The van der Waals surface area contributed by atoms with E-state index in [-0.39, 0.29) is 0 Å². The lowest BCUT2D eigenvalue weighted by molar-refractivity contribution is 0.306. The summed E-state index contributed by atoms with van der Waals surface area (Å²) >= 11 is 6.09. The summed E-state index contributed by atoms with van der Waals surface area (Å²) in [5, 5.41) is 0.739. The normalized spacial score (nSPS) is 11.1. The van der Waals surface area contributed by atoms with Crippen LogP contribution in [-0.2, 0) is 13.2 Å². The molecule has 5 aromatic rings. The third-order valence-corrected chi connectivity index (χ3v) is 5.78. The molecule has 5 rings (SSSR count). The maximum absolute atomic E-state index is 6.09. The molecule has 158 valence electrons. The van der Waals surface area contributed by atoms with E-state index in [1.54, 1.807) is 0 Å². The number of rotatable bonds is 6. The smallest absolute Gasteiger partial charge is 0.141 e. The lowest BCUT2D eigenvalue weighted by Crippen LogP contribution is -2.02. The molecule has 0 radical (unpaired) electrons. The Morgan fingerprint density at radius 1 is 0.812 bits per heavy atom. The molecule has 0 aliphatic heterocycles. The average molecular weight is 439 g/mol. The van der Waals surface area contributed by atoms with Crippen molar-refractivity contribution in [3.63, 3.8) is 0 Å². The Morgan fingerprint density at radius 2 is 1.56 bits per heavy atom. The lowest BCUT2D eigenvalue weighted by Gasteiger charge is -2.11. The van der Waals surface area contributed by atoms with E-state index >= 15 is 0 Å². The minimum atomic E-state index is 0.530. The van der Waals surface area contributed by atoms with Crippen LogP contribution >= 0.6 is 11.6 Å². The van der Waals surface area contributed by atoms with Crippen molar-refractivity contribution in [1.29, 1.82) is 0 Å².